The zero-order valence-electron chi connectivity index (χ0n) is 23.4. The van der Waals surface area contributed by atoms with Crippen molar-refractivity contribution < 1.29 is 8.78 Å². The average molecular weight is 618 g/mol. The van der Waals surface area contributed by atoms with Crippen LogP contribution in [-0.4, -0.2) is 9.97 Å². The van der Waals surface area contributed by atoms with Crippen molar-refractivity contribution in [1.82, 2.24) is 9.97 Å². The number of allylic oxidation sites excluding steroid dienone is 7. The Morgan fingerprint density at radius 3 is 1.46 bits per heavy atom. The summed E-state index contributed by atoms with van der Waals surface area (Å²) in [5.74, 6) is -2.14. The summed E-state index contributed by atoms with van der Waals surface area (Å²) in [5.41, 5.74) is -7.58. The van der Waals surface area contributed by atoms with Crippen molar-refractivity contribution in [2.24, 2.45) is 0 Å². The van der Waals surface area contributed by atoms with Crippen molar-refractivity contribution in [2.75, 3.05) is 0 Å². The van der Waals surface area contributed by atoms with Crippen LogP contribution >= 0.6 is 0 Å². The molecule has 0 aliphatic heterocycles. The van der Waals surface area contributed by atoms with E-state index in [1.165, 1.54) is 0 Å². The number of rotatable bonds is 2. The molecule has 14 heteroatoms. The fraction of sp³-hybridized carbons (Fsp3) is 0. The SMILES string of the molecule is [C-]#[N+]C1=C(c2ccc(F)nc2C#N)/C(=C(/C#N)[N+]#[C-])c2c(C#N)c3c(c(C#N)c21)/C(=C(/C#N)[N+]#[C-])C(c1ccc(F)nc1C#N)=C3C#N. The van der Waals surface area contributed by atoms with Crippen molar-refractivity contribution in [1.29, 1.82) is 36.8 Å². The largest absolute Gasteiger partial charge is 0.270 e. The molecule has 0 bridgehead atoms. The van der Waals surface area contributed by atoms with Crippen LogP contribution in [0.2, 0.25) is 0 Å². The van der Waals surface area contributed by atoms with Gasteiger partial charge >= 0.3 is 0 Å². The normalized spacial score (nSPS) is 14.2. The molecule has 5 rings (SSSR count). The Hall–Kier alpha value is -8.76. The molecular formula is C34H4F2N12. The van der Waals surface area contributed by atoms with Crippen molar-refractivity contribution in [3.63, 3.8) is 0 Å². The molecular weight excluding hydrogens is 614 g/mol. The van der Waals surface area contributed by atoms with Gasteiger partial charge in [0.05, 0.1) is 54.6 Å². The van der Waals surface area contributed by atoms with Gasteiger partial charge in [0.1, 0.15) is 30.0 Å². The molecule has 0 unspecified atom stereocenters. The number of fused-ring (bicyclic) bond motifs is 2. The van der Waals surface area contributed by atoms with Gasteiger partial charge < -0.3 is 0 Å². The van der Waals surface area contributed by atoms with E-state index in [4.69, 9.17) is 19.7 Å². The highest BCUT2D eigenvalue weighted by molar-refractivity contribution is 6.31. The Bertz CT molecular complexity index is 2470. The number of pyridine rings is 2. The third-order valence-electron chi connectivity index (χ3n) is 7.30. The van der Waals surface area contributed by atoms with Crippen LogP contribution in [0.4, 0.5) is 8.78 Å². The molecule has 0 saturated heterocycles. The summed E-state index contributed by atoms with van der Waals surface area (Å²) in [4.78, 5) is 17.1. The summed E-state index contributed by atoms with van der Waals surface area (Å²) in [6.07, 6.45) is 0. The van der Waals surface area contributed by atoms with Gasteiger partial charge in [-0.3, -0.25) is 0 Å². The maximum Gasteiger partial charge on any atom is 0.270 e. The molecule has 0 radical (unpaired) electrons. The van der Waals surface area contributed by atoms with Crippen LogP contribution in [0.1, 0.15) is 55.9 Å². The zero-order valence-corrected chi connectivity index (χ0v) is 23.4. The quantitative estimate of drug-likeness (QED) is 0.193. The van der Waals surface area contributed by atoms with Crippen LogP contribution < -0.4 is 0 Å². The van der Waals surface area contributed by atoms with Gasteiger partial charge in [0.2, 0.25) is 17.6 Å². The first-order valence-electron chi connectivity index (χ1n) is 12.8. The highest BCUT2D eigenvalue weighted by Gasteiger charge is 2.44. The number of aromatic nitrogens is 2. The fourth-order valence-corrected chi connectivity index (χ4v) is 5.65. The molecule has 3 aromatic rings. The van der Waals surface area contributed by atoms with Crippen molar-refractivity contribution >= 4 is 33.6 Å². The molecule has 0 N–H and O–H groups in total. The van der Waals surface area contributed by atoms with Crippen LogP contribution in [-0.2, 0) is 0 Å². The minimum Gasteiger partial charge on any atom is -0.237 e. The Morgan fingerprint density at radius 1 is 0.583 bits per heavy atom. The fourth-order valence-electron chi connectivity index (χ4n) is 5.65. The molecule has 12 nitrogen and oxygen atoms in total. The van der Waals surface area contributed by atoms with Gasteiger partial charge in [-0.25, -0.2) is 35.0 Å². The summed E-state index contributed by atoms with van der Waals surface area (Å²) in [7, 11) is 0. The van der Waals surface area contributed by atoms with E-state index in [1.54, 1.807) is 24.3 Å². The molecule has 2 aromatic heterocycles. The second kappa shape index (κ2) is 11.7. The smallest absolute Gasteiger partial charge is 0.237 e. The van der Waals surface area contributed by atoms with Crippen LogP contribution in [0.25, 0.3) is 48.1 Å². The second-order valence-corrected chi connectivity index (χ2v) is 9.35. The number of halogens is 2. The first-order valence-corrected chi connectivity index (χ1v) is 12.8. The van der Waals surface area contributed by atoms with Gasteiger partial charge in [-0.15, -0.1) is 0 Å². The lowest BCUT2D eigenvalue weighted by Gasteiger charge is -2.16. The molecule has 0 spiro atoms. The highest BCUT2D eigenvalue weighted by Crippen LogP contribution is 2.58. The van der Waals surface area contributed by atoms with E-state index in [-0.39, 0.29) is 44.5 Å². The minimum absolute atomic E-state index is 0.220. The van der Waals surface area contributed by atoms with Gasteiger partial charge in [-0.2, -0.15) is 35.1 Å². The molecule has 0 atom stereocenters. The average Bonchev–Trinajstić information content (AvgIpc) is 3.61. The Kier molecular flexibility index (Phi) is 7.50. The lowest BCUT2D eigenvalue weighted by atomic mass is 9.84. The van der Waals surface area contributed by atoms with Crippen molar-refractivity contribution in [3.8, 4) is 42.5 Å². The summed E-state index contributed by atoms with van der Waals surface area (Å²) < 4.78 is 28.2. The van der Waals surface area contributed by atoms with Gasteiger partial charge in [-0.1, -0.05) is 0 Å². The minimum atomic E-state index is -1.07. The van der Waals surface area contributed by atoms with Gasteiger partial charge in [0.15, 0.2) is 5.69 Å². The standard InChI is InChI=1S/C34H4F2N12/c1-44-22(13-42)32-26(15-4-6-24(35)47-20(15)11-40)17(8-37)27-18(9-38)29-31(19(10-39)28(27)32)34(46-3)30(33(29)23(14-43)45-2)16-5-7-25(36)48-21(16)12-41/h4-7H/b32-22-,33-23-. The molecule has 0 saturated carbocycles. The maximum absolute atomic E-state index is 14.1. The monoisotopic (exact) mass is 618 g/mol. The van der Waals surface area contributed by atoms with Crippen LogP contribution in [0.5, 0.6) is 0 Å². The predicted octanol–water partition coefficient (Wildman–Crippen LogP) is 5.80. The lowest BCUT2D eigenvalue weighted by molar-refractivity contribution is 0.581. The Balaban J connectivity index is 2.15. The molecule has 214 valence electrons. The molecule has 2 aliphatic carbocycles. The number of benzene rings is 1. The van der Waals surface area contributed by atoms with E-state index in [1.807, 2.05) is 18.2 Å². The number of hydrogen-bond donors (Lipinski definition) is 0. The van der Waals surface area contributed by atoms with E-state index in [0.29, 0.717) is 0 Å². The van der Waals surface area contributed by atoms with Gasteiger partial charge in [0, 0.05) is 33.4 Å². The number of nitriles is 7. The first-order chi connectivity index (χ1) is 23.2. The maximum atomic E-state index is 14.1. The summed E-state index contributed by atoms with van der Waals surface area (Å²) >= 11 is 0. The molecule has 0 fully saturated rings. The topological polar surface area (TPSA) is 205 Å². The van der Waals surface area contributed by atoms with Crippen LogP contribution in [0.3, 0.4) is 0 Å². The van der Waals surface area contributed by atoms with Gasteiger partial charge in [0.25, 0.3) is 11.4 Å². The van der Waals surface area contributed by atoms with E-state index >= 15 is 0 Å². The van der Waals surface area contributed by atoms with E-state index in [0.717, 1.165) is 24.3 Å². The summed E-state index contributed by atoms with van der Waals surface area (Å²) in [5, 5.41) is 71.4. The third kappa shape index (κ3) is 4.10. The molecule has 0 amide bonds. The number of nitrogens with zero attached hydrogens (tertiary/aromatic N) is 12. The van der Waals surface area contributed by atoms with Crippen LogP contribution in [0.15, 0.2) is 35.7 Å². The zero-order chi connectivity index (χ0) is 34.9. The molecule has 48 heavy (non-hydrogen) atoms. The molecule has 1 aromatic carbocycles. The lowest BCUT2D eigenvalue weighted by Crippen LogP contribution is -2.04. The number of hydrogen-bond acceptors (Lipinski definition) is 9. The van der Waals surface area contributed by atoms with Crippen molar-refractivity contribution in [2.45, 2.75) is 0 Å². The van der Waals surface area contributed by atoms with E-state index in [2.05, 4.69) is 24.5 Å². The third-order valence-corrected chi connectivity index (χ3v) is 7.30. The Morgan fingerprint density at radius 2 is 1.04 bits per heavy atom. The highest BCUT2D eigenvalue weighted by atomic mass is 19.1. The van der Waals surface area contributed by atoms with Gasteiger partial charge in [-0.05, 0) is 46.5 Å². The molecule has 2 heterocycles. The second-order valence-electron chi connectivity index (χ2n) is 9.35. The summed E-state index contributed by atoms with van der Waals surface area (Å²) in [6, 6.07) is 16.3. The van der Waals surface area contributed by atoms with E-state index < -0.39 is 68.2 Å². The summed E-state index contributed by atoms with van der Waals surface area (Å²) in [6.45, 7) is 23.6. The predicted molar refractivity (Wildman–Crippen MR) is 158 cm³/mol. The van der Waals surface area contributed by atoms with E-state index in [9.17, 15) is 45.6 Å². The van der Waals surface area contributed by atoms with Crippen molar-refractivity contribution in [3.05, 3.63) is 138 Å². The Labute approximate surface area is 269 Å². The molecule has 2 aliphatic rings. The first kappa shape index (κ1) is 30.7. The van der Waals surface area contributed by atoms with Crippen LogP contribution in [0, 0.1) is 111 Å².